The standard InChI is InChI=1S/C15H22O4S/c1-3-4-9-15(10-11-18-15)12-19-20(16,17)14-7-5-13(2)6-8-14/h5-8H,3-4,9-12H2,1-2H3. The van der Waals surface area contributed by atoms with Crippen LogP contribution >= 0.6 is 0 Å². The molecule has 2 rings (SSSR count). The Morgan fingerprint density at radius 1 is 1.30 bits per heavy atom. The number of rotatable bonds is 7. The van der Waals surface area contributed by atoms with E-state index in [0.29, 0.717) is 6.61 Å². The van der Waals surface area contributed by atoms with E-state index in [2.05, 4.69) is 6.92 Å². The van der Waals surface area contributed by atoms with Gasteiger partial charge in [0.2, 0.25) is 0 Å². The maximum Gasteiger partial charge on any atom is 0.297 e. The van der Waals surface area contributed by atoms with Crippen LogP contribution in [0, 0.1) is 6.92 Å². The van der Waals surface area contributed by atoms with Gasteiger partial charge in [-0.2, -0.15) is 8.42 Å². The van der Waals surface area contributed by atoms with Crippen molar-refractivity contribution in [2.24, 2.45) is 0 Å². The van der Waals surface area contributed by atoms with Crippen LogP contribution in [-0.2, 0) is 19.0 Å². The minimum atomic E-state index is -3.69. The largest absolute Gasteiger partial charge is 0.372 e. The fourth-order valence-electron chi connectivity index (χ4n) is 2.23. The minimum absolute atomic E-state index is 0.114. The van der Waals surface area contributed by atoms with E-state index in [4.69, 9.17) is 8.92 Å². The van der Waals surface area contributed by atoms with Gasteiger partial charge in [-0.3, -0.25) is 4.18 Å². The van der Waals surface area contributed by atoms with Crippen LogP contribution in [0.2, 0.25) is 0 Å². The molecule has 0 saturated carbocycles. The molecule has 1 aliphatic rings. The summed E-state index contributed by atoms with van der Waals surface area (Å²) in [5.41, 5.74) is 0.624. The Kier molecular flexibility index (Phi) is 4.83. The van der Waals surface area contributed by atoms with Gasteiger partial charge in [-0.1, -0.05) is 37.5 Å². The van der Waals surface area contributed by atoms with Crippen molar-refractivity contribution in [3.63, 3.8) is 0 Å². The Hall–Kier alpha value is -0.910. The number of hydrogen-bond donors (Lipinski definition) is 0. The monoisotopic (exact) mass is 298 g/mol. The molecule has 5 heteroatoms. The lowest BCUT2D eigenvalue weighted by Crippen LogP contribution is -2.48. The third kappa shape index (κ3) is 3.59. The van der Waals surface area contributed by atoms with Crippen LogP contribution in [0.3, 0.4) is 0 Å². The maximum atomic E-state index is 12.1. The van der Waals surface area contributed by atoms with Crippen LogP contribution in [0.1, 0.15) is 38.2 Å². The number of benzene rings is 1. The SMILES string of the molecule is CCCCC1(COS(=O)(=O)c2ccc(C)cc2)CCO1. The van der Waals surface area contributed by atoms with Gasteiger partial charge < -0.3 is 4.74 Å². The zero-order chi connectivity index (χ0) is 14.6. The van der Waals surface area contributed by atoms with Crippen LogP contribution in [0.4, 0.5) is 0 Å². The predicted molar refractivity (Wildman–Crippen MR) is 77.1 cm³/mol. The van der Waals surface area contributed by atoms with E-state index in [-0.39, 0.29) is 11.5 Å². The molecule has 0 aromatic heterocycles. The Balaban J connectivity index is 1.99. The van der Waals surface area contributed by atoms with Crippen molar-refractivity contribution in [1.29, 1.82) is 0 Å². The first-order chi connectivity index (χ1) is 9.47. The van der Waals surface area contributed by atoms with Crippen molar-refractivity contribution in [1.82, 2.24) is 0 Å². The predicted octanol–water partition coefficient (Wildman–Crippen LogP) is 3.05. The smallest absolute Gasteiger partial charge is 0.297 e. The molecule has 0 radical (unpaired) electrons. The van der Waals surface area contributed by atoms with Gasteiger partial charge in [0.1, 0.15) is 0 Å². The Morgan fingerprint density at radius 3 is 2.45 bits per heavy atom. The van der Waals surface area contributed by atoms with Gasteiger partial charge in [0, 0.05) is 6.42 Å². The number of hydrogen-bond acceptors (Lipinski definition) is 4. The molecule has 1 saturated heterocycles. The molecule has 1 atom stereocenters. The molecule has 1 aliphatic heterocycles. The lowest BCUT2D eigenvalue weighted by molar-refractivity contribution is -0.169. The molecule has 1 unspecified atom stereocenters. The summed E-state index contributed by atoms with van der Waals surface area (Å²) >= 11 is 0. The molecule has 0 aliphatic carbocycles. The van der Waals surface area contributed by atoms with E-state index in [0.717, 1.165) is 31.2 Å². The molecule has 0 spiro atoms. The van der Waals surface area contributed by atoms with E-state index >= 15 is 0 Å². The summed E-state index contributed by atoms with van der Waals surface area (Å²) in [7, 11) is -3.69. The van der Waals surface area contributed by atoms with Gasteiger partial charge in [-0.15, -0.1) is 0 Å². The van der Waals surface area contributed by atoms with Crippen molar-refractivity contribution in [2.45, 2.75) is 50.0 Å². The summed E-state index contributed by atoms with van der Waals surface area (Å²) in [6, 6.07) is 6.68. The number of aryl methyl sites for hydroxylation is 1. The zero-order valence-electron chi connectivity index (χ0n) is 12.1. The second kappa shape index (κ2) is 6.24. The van der Waals surface area contributed by atoms with Crippen molar-refractivity contribution in [2.75, 3.05) is 13.2 Å². The molecule has 20 heavy (non-hydrogen) atoms. The van der Waals surface area contributed by atoms with E-state index < -0.39 is 15.7 Å². The van der Waals surface area contributed by atoms with Gasteiger partial charge >= 0.3 is 0 Å². The highest BCUT2D eigenvalue weighted by molar-refractivity contribution is 7.86. The van der Waals surface area contributed by atoms with E-state index in [1.807, 2.05) is 6.92 Å². The van der Waals surface area contributed by atoms with E-state index in [1.165, 1.54) is 0 Å². The normalized spacial score (nSPS) is 22.5. The lowest BCUT2D eigenvalue weighted by atomic mass is 9.90. The first kappa shape index (κ1) is 15.5. The summed E-state index contributed by atoms with van der Waals surface area (Å²) in [6.07, 6.45) is 3.81. The molecular weight excluding hydrogens is 276 g/mol. The topological polar surface area (TPSA) is 52.6 Å². The first-order valence-electron chi connectivity index (χ1n) is 7.07. The molecule has 0 amide bonds. The summed E-state index contributed by atoms with van der Waals surface area (Å²) in [5, 5.41) is 0. The highest BCUT2D eigenvalue weighted by atomic mass is 32.2. The third-order valence-corrected chi connectivity index (χ3v) is 5.02. The fraction of sp³-hybridized carbons (Fsp3) is 0.600. The van der Waals surface area contributed by atoms with Crippen LogP contribution in [0.25, 0.3) is 0 Å². The summed E-state index contributed by atoms with van der Waals surface area (Å²) in [6.45, 7) is 4.83. The summed E-state index contributed by atoms with van der Waals surface area (Å²) < 4.78 is 35.0. The molecule has 1 fully saturated rings. The van der Waals surface area contributed by atoms with E-state index in [9.17, 15) is 8.42 Å². The highest BCUT2D eigenvalue weighted by Gasteiger charge is 2.39. The average Bonchev–Trinajstić information content (AvgIpc) is 2.38. The van der Waals surface area contributed by atoms with Crippen molar-refractivity contribution < 1.29 is 17.3 Å². The number of ether oxygens (including phenoxy) is 1. The summed E-state index contributed by atoms with van der Waals surface area (Å²) in [4.78, 5) is 0.202. The lowest BCUT2D eigenvalue weighted by Gasteiger charge is -2.41. The molecule has 0 N–H and O–H groups in total. The highest BCUT2D eigenvalue weighted by Crippen LogP contribution is 2.33. The van der Waals surface area contributed by atoms with Crippen LogP contribution < -0.4 is 0 Å². The zero-order valence-corrected chi connectivity index (χ0v) is 12.9. The average molecular weight is 298 g/mol. The van der Waals surface area contributed by atoms with Crippen LogP contribution in [0.15, 0.2) is 29.2 Å². The molecule has 0 bridgehead atoms. The van der Waals surface area contributed by atoms with Crippen molar-refractivity contribution >= 4 is 10.1 Å². The molecule has 1 heterocycles. The van der Waals surface area contributed by atoms with Crippen LogP contribution in [0.5, 0.6) is 0 Å². The minimum Gasteiger partial charge on any atom is -0.372 e. The van der Waals surface area contributed by atoms with Gasteiger partial charge in [0.15, 0.2) is 0 Å². The van der Waals surface area contributed by atoms with Gasteiger partial charge in [0.05, 0.1) is 23.7 Å². The molecule has 112 valence electrons. The quantitative estimate of drug-likeness (QED) is 0.726. The molecule has 1 aromatic carbocycles. The van der Waals surface area contributed by atoms with E-state index in [1.54, 1.807) is 24.3 Å². The number of unbranched alkanes of at least 4 members (excludes halogenated alkanes) is 1. The van der Waals surface area contributed by atoms with Gasteiger partial charge in [-0.05, 0) is 25.5 Å². The fourth-order valence-corrected chi connectivity index (χ4v) is 3.21. The second-order valence-electron chi connectivity index (χ2n) is 5.41. The van der Waals surface area contributed by atoms with Crippen molar-refractivity contribution in [3.05, 3.63) is 29.8 Å². The molecular formula is C15H22O4S. The Labute approximate surface area is 121 Å². The van der Waals surface area contributed by atoms with Crippen LogP contribution in [-0.4, -0.2) is 27.2 Å². The Bertz CT molecular complexity index is 529. The first-order valence-corrected chi connectivity index (χ1v) is 8.48. The second-order valence-corrected chi connectivity index (χ2v) is 7.03. The maximum absolute atomic E-state index is 12.1. The summed E-state index contributed by atoms with van der Waals surface area (Å²) in [5.74, 6) is 0. The third-order valence-electron chi connectivity index (χ3n) is 3.74. The molecule has 4 nitrogen and oxygen atoms in total. The van der Waals surface area contributed by atoms with Gasteiger partial charge in [-0.25, -0.2) is 0 Å². The van der Waals surface area contributed by atoms with Gasteiger partial charge in [0.25, 0.3) is 10.1 Å². The Morgan fingerprint density at radius 2 is 1.95 bits per heavy atom. The molecule has 1 aromatic rings. The van der Waals surface area contributed by atoms with Crippen molar-refractivity contribution in [3.8, 4) is 0 Å².